The predicted molar refractivity (Wildman–Crippen MR) is 177 cm³/mol. The molecule has 2 aromatic carbocycles. The smallest absolute Gasteiger partial charge is 0.331 e. The van der Waals surface area contributed by atoms with Crippen molar-refractivity contribution in [1.82, 2.24) is 0 Å². The lowest BCUT2D eigenvalue weighted by molar-refractivity contribution is -0.375. The number of phenolic OH excluding ortho intramolecular Hbond substituents is 3. The van der Waals surface area contributed by atoms with E-state index in [0.29, 0.717) is 12.0 Å². The Bertz CT molecular complexity index is 1520. The molecular weight excluding hydrogens is 708 g/mol. The van der Waals surface area contributed by atoms with Crippen molar-refractivity contribution in [2.24, 2.45) is 0 Å². The fourth-order valence-electron chi connectivity index (χ4n) is 6.16. The first-order valence-corrected chi connectivity index (χ1v) is 16.9. The molecular formula is C35H46O18. The summed E-state index contributed by atoms with van der Waals surface area (Å²) in [5.74, 6) is -1.74. The summed E-state index contributed by atoms with van der Waals surface area (Å²) >= 11 is 0. The average Bonchev–Trinajstić information content (AvgIpc) is 3.13. The SMILES string of the molecule is C[C@@H]1O[C@@H](O[C@@H]2[C@@H](O)[C@@H](O)[C@H](O[C@@H]3[C@@H](O)[C@H](OCCc4ccc(O)cc4)O[C@H](CO)[C@H]3OC(=O)/C=C\c3ccc(O)c(O)c3)O[C@H]2C)[C@H](O)[C@H](O)[C@H]1O. The second kappa shape index (κ2) is 17.8. The Kier molecular flexibility index (Phi) is 13.7. The van der Waals surface area contributed by atoms with E-state index in [9.17, 15) is 55.9 Å². The summed E-state index contributed by atoms with van der Waals surface area (Å²) in [4.78, 5) is 13.0. The molecule has 0 radical (unpaired) electrons. The normalized spacial score (nSPS) is 37.8. The van der Waals surface area contributed by atoms with E-state index in [4.69, 9.17) is 33.2 Å². The van der Waals surface area contributed by atoms with Gasteiger partial charge < -0.3 is 84.2 Å². The van der Waals surface area contributed by atoms with Gasteiger partial charge in [-0.15, -0.1) is 0 Å². The number of rotatable bonds is 12. The molecule has 18 heteroatoms. The molecule has 0 aliphatic carbocycles. The Hall–Kier alpha value is -3.47. The summed E-state index contributed by atoms with van der Waals surface area (Å²) in [6.45, 7) is 2.10. The third kappa shape index (κ3) is 9.62. The van der Waals surface area contributed by atoms with Gasteiger partial charge in [0.2, 0.25) is 0 Å². The summed E-state index contributed by atoms with van der Waals surface area (Å²) in [6, 6.07) is 10.1. The topological polar surface area (TPSA) is 284 Å². The Morgan fingerprint density at radius 1 is 0.698 bits per heavy atom. The van der Waals surface area contributed by atoms with E-state index in [2.05, 4.69) is 0 Å². The van der Waals surface area contributed by atoms with Gasteiger partial charge in [0.05, 0.1) is 25.4 Å². The molecule has 0 unspecified atom stereocenters. The van der Waals surface area contributed by atoms with E-state index in [1.165, 1.54) is 50.3 Å². The van der Waals surface area contributed by atoms with Crippen LogP contribution in [0.3, 0.4) is 0 Å². The van der Waals surface area contributed by atoms with Crippen LogP contribution in [0.4, 0.5) is 0 Å². The van der Waals surface area contributed by atoms with Gasteiger partial charge in [-0.25, -0.2) is 4.79 Å². The van der Waals surface area contributed by atoms with Crippen LogP contribution in [0.2, 0.25) is 0 Å². The molecule has 3 fully saturated rings. The highest BCUT2D eigenvalue weighted by molar-refractivity contribution is 5.87. The van der Waals surface area contributed by atoms with E-state index >= 15 is 0 Å². The van der Waals surface area contributed by atoms with E-state index < -0.39 is 110 Å². The number of aliphatic hydroxyl groups is 7. The fourth-order valence-corrected chi connectivity index (χ4v) is 6.16. The lowest BCUT2D eigenvalue weighted by Crippen LogP contribution is -2.66. The molecule has 15 atom stereocenters. The van der Waals surface area contributed by atoms with Crippen LogP contribution in [0.5, 0.6) is 17.2 Å². The third-order valence-electron chi connectivity index (χ3n) is 9.24. The molecule has 0 bridgehead atoms. The summed E-state index contributed by atoms with van der Waals surface area (Å²) in [5.41, 5.74) is 1.10. The molecule has 3 saturated heterocycles. The maximum absolute atomic E-state index is 13.0. The summed E-state index contributed by atoms with van der Waals surface area (Å²) in [7, 11) is 0. The zero-order chi connectivity index (χ0) is 38.6. The second-order valence-electron chi connectivity index (χ2n) is 13.1. The molecule has 294 valence electrons. The van der Waals surface area contributed by atoms with Gasteiger partial charge >= 0.3 is 5.97 Å². The van der Waals surface area contributed by atoms with Crippen LogP contribution in [-0.4, -0.2) is 162 Å². The lowest BCUT2D eigenvalue weighted by Gasteiger charge is -2.48. The minimum absolute atomic E-state index is 0.0131. The van der Waals surface area contributed by atoms with Gasteiger partial charge in [-0.1, -0.05) is 18.2 Å². The largest absolute Gasteiger partial charge is 0.508 e. The number of hydrogen-bond acceptors (Lipinski definition) is 18. The maximum atomic E-state index is 13.0. The molecule has 5 rings (SSSR count). The number of aromatic hydroxyl groups is 3. The molecule has 0 amide bonds. The molecule has 0 saturated carbocycles. The minimum atomic E-state index is -1.89. The Labute approximate surface area is 303 Å². The molecule has 0 spiro atoms. The predicted octanol–water partition coefficient (Wildman–Crippen LogP) is -1.87. The molecule has 18 nitrogen and oxygen atoms in total. The van der Waals surface area contributed by atoms with Crippen molar-refractivity contribution < 1.29 is 89.0 Å². The monoisotopic (exact) mass is 754 g/mol. The molecule has 3 aliphatic rings. The zero-order valence-electron chi connectivity index (χ0n) is 28.7. The van der Waals surface area contributed by atoms with Crippen molar-refractivity contribution in [2.45, 2.75) is 112 Å². The number of carbonyl (C=O) groups is 1. The van der Waals surface area contributed by atoms with Crippen molar-refractivity contribution >= 4 is 12.0 Å². The zero-order valence-corrected chi connectivity index (χ0v) is 28.7. The van der Waals surface area contributed by atoms with E-state index in [1.807, 2.05) is 0 Å². The van der Waals surface area contributed by atoms with Crippen LogP contribution in [0.25, 0.3) is 6.08 Å². The van der Waals surface area contributed by atoms with Crippen molar-refractivity contribution in [3.05, 3.63) is 59.7 Å². The number of esters is 1. The summed E-state index contributed by atoms with van der Waals surface area (Å²) in [5, 5.41) is 103. The van der Waals surface area contributed by atoms with Crippen LogP contribution in [0.1, 0.15) is 25.0 Å². The van der Waals surface area contributed by atoms with E-state index in [-0.39, 0.29) is 18.1 Å². The van der Waals surface area contributed by atoms with Crippen LogP contribution < -0.4 is 0 Å². The number of phenols is 3. The van der Waals surface area contributed by atoms with Crippen molar-refractivity contribution in [2.75, 3.05) is 13.2 Å². The number of aliphatic hydroxyl groups excluding tert-OH is 7. The maximum Gasteiger partial charge on any atom is 0.331 e. The summed E-state index contributed by atoms with van der Waals surface area (Å²) < 4.78 is 40.1. The average molecular weight is 755 g/mol. The van der Waals surface area contributed by atoms with Gasteiger partial charge in [0.15, 0.2) is 36.5 Å². The molecule has 10 N–H and O–H groups in total. The minimum Gasteiger partial charge on any atom is -0.508 e. The first-order chi connectivity index (χ1) is 25.2. The molecule has 53 heavy (non-hydrogen) atoms. The third-order valence-corrected chi connectivity index (χ3v) is 9.24. The molecule has 3 heterocycles. The van der Waals surface area contributed by atoms with Crippen molar-refractivity contribution in [3.63, 3.8) is 0 Å². The Morgan fingerprint density at radius 3 is 2.00 bits per heavy atom. The van der Waals surface area contributed by atoms with Gasteiger partial charge in [0, 0.05) is 6.08 Å². The van der Waals surface area contributed by atoms with E-state index in [0.717, 1.165) is 11.6 Å². The van der Waals surface area contributed by atoms with E-state index in [1.54, 1.807) is 12.1 Å². The van der Waals surface area contributed by atoms with Crippen LogP contribution in [-0.2, 0) is 44.4 Å². The standard InChI is InChI=1S/C35H46O18/c1-15-24(41)25(42)27(44)34(48-15)52-30-16(2)49-35(28(45)26(30)43)53-32-29(46)33(47-12-11-17-3-7-19(37)8-4-17)50-22(14-36)31(32)51-23(40)10-6-18-5-9-20(38)21(39)13-18/h3-10,13,15-16,22,24-39,41-46H,11-12,14H2,1-2H3/b10-6-/t15-,16-,22+,24-,25+,26-,27+,28+,29+,30-,31+,32+,33+,34-,35-/m0/s1. The Morgan fingerprint density at radius 2 is 1.34 bits per heavy atom. The van der Waals surface area contributed by atoms with Gasteiger partial charge in [0.25, 0.3) is 0 Å². The first kappa shape index (κ1) is 40.7. The second-order valence-corrected chi connectivity index (χ2v) is 13.1. The highest BCUT2D eigenvalue weighted by atomic mass is 16.8. The lowest BCUT2D eigenvalue weighted by atomic mass is 9.96. The number of benzene rings is 2. The fraction of sp³-hybridized carbons (Fsp3) is 0.571. The molecule has 2 aromatic rings. The van der Waals surface area contributed by atoms with Gasteiger partial charge in [-0.05, 0) is 61.7 Å². The Balaban J connectivity index is 1.32. The molecule has 3 aliphatic heterocycles. The number of ether oxygens (including phenoxy) is 7. The van der Waals surface area contributed by atoms with Crippen LogP contribution in [0, 0.1) is 0 Å². The highest BCUT2D eigenvalue weighted by Gasteiger charge is 2.54. The number of carbonyl (C=O) groups excluding carboxylic acids is 1. The van der Waals surface area contributed by atoms with Crippen LogP contribution >= 0.6 is 0 Å². The summed E-state index contributed by atoms with van der Waals surface area (Å²) in [6.07, 6.45) is -20.2. The quantitative estimate of drug-likeness (QED) is 0.0645. The first-order valence-electron chi connectivity index (χ1n) is 16.9. The van der Waals surface area contributed by atoms with Crippen molar-refractivity contribution in [1.29, 1.82) is 0 Å². The van der Waals surface area contributed by atoms with Gasteiger partial charge in [-0.3, -0.25) is 0 Å². The van der Waals surface area contributed by atoms with Gasteiger partial charge in [-0.2, -0.15) is 0 Å². The van der Waals surface area contributed by atoms with Crippen molar-refractivity contribution in [3.8, 4) is 17.2 Å². The van der Waals surface area contributed by atoms with Gasteiger partial charge in [0.1, 0.15) is 60.7 Å². The van der Waals surface area contributed by atoms with Crippen LogP contribution in [0.15, 0.2) is 48.5 Å². The number of hydrogen-bond donors (Lipinski definition) is 10. The highest BCUT2D eigenvalue weighted by Crippen LogP contribution is 2.34. The molecule has 0 aromatic heterocycles.